The molecular weight excluding hydrogens is 284 g/mol. The predicted octanol–water partition coefficient (Wildman–Crippen LogP) is 2.32. The number of rotatable bonds is 4. The third-order valence-corrected chi connectivity index (χ3v) is 5.81. The van der Waals surface area contributed by atoms with Crippen molar-refractivity contribution in [1.82, 2.24) is 10.2 Å². The number of fused-ring (bicyclic) bond motifs is 1. The Labute approximate surface area is 132 Å². The number of hydrogen-bond acceptors (Lipinski definition) is 3. The molecule has 0 amide bonds. The van der Waals surface area contributed by atoms with Crippen molar-refractivity contribution >= 4 is 23.3 Å². The summed E-state index contributed by atoms with van der Waals surface area (Å²) in [6.45, 7) is 1.90. The van der Waals surface area contributed by atoms with Crippen molar-refractivity contribution in [2.24, 2.45) is 17.8 Å². The van der Waals surface area contributed by atoms with E-state index in [9.17, 15) is 4.79 Å². The molecule has 0 spiro atoms. The van der Waals surface area contributed by atoms with Crippen LogP contribution < -0.4 is 5.32 Å². The van der Waals surface area contributed by atoms with Crippen LogP contribution in [0.25, 0.3) is 0 Å². The van der Waals surface area contributed by atoms with Crippen LogP contribution in [0.15, 0.2) is 0 Å². The summed E-state index contributed by atoms with van der Waals surface area (Å²) in [5, 5.41) is 4.25. The first-order valence-corrected chi connectivity index (χ1v) is 8.67. The molecule has 4 nitrogen and oxygen atoms in total. The highest BCUT2D eigenvalue weighted by Crippen LogP contribution is 2.47. The molecule has 2 aliphatic carbocycles. The van der Waals surface area contributed by atoms with Gasteiger partial charge in [0.25, 0.3) is 0 Å². The van der Waals surface area contributed by atoms with Gasteiger partial charge in [0.05, 0.1) is 7.11 Å². The summed E-state index contributed by atoms with van der Waals surface area (Å²) in [4.78, 5) is 13.6. The average molecular weight is 310 g/mol. The zero-order valence-corrected chi connectivity index (χ0v) is 13.7. The summed E-state index contributed by atoms with van der Waals surface area (Å²) in [6, 6.07) is 0.654. The van der Waals surface area contributed by atoms with Crippen LogP contribution in [0.1, 0.15) is 44.9 Å². The van der Waals surface area contributed by atoms with Crippen molar-refractivity contribution in [3.63, 3.8) is 0 Å². The second kappa shape index (κ2) is 6.51. The van der Waals surface area contributed by atoms with E-state index in [2.05, 4.69) is 15.0 Å². The number of nitrogens with one attached hydrogen (secondary N) is 1. The van der Waals surface area contributed by atoms with E-state index in [0.29, 0.717) is 12.5 Å². The van der Waals surface area contributed by atoms with Crippen LogP contribution in [0.4, 0.5) is 0 Å². The van der Waals surface area contributed by atoms with E-state index < -0.39 is 0 Å². The van der Waals surface area contributed by atoms with Crippen LogP contribution in [0, 0.1) is 17.8 Å². The first-order chi connectivity index (χ1) is 10.2. The molecule has 0 aromatic rings. The fourth-order valence-electron chi connectivity index (χ4n) is 4.66. The maximum absolute atomic E-state index is 11.1. The van der Waals surface area contributed by atoms with Gasteiger partial charge in [-0.05, 0) is 68.5 Å². The summed E-state index contributed by atoms with van der Waals surface area (Å²) in [7, 11) is 1.43. The molecule has 4 bridgehead atoms. The molecule has 118 valence electrons. The molecule has 1 N–H and O–H groups in total. The predicted molar refractivity (Wildman–Crippen MR) is 85.9 cm³/mol. The second-order valence-electron chi connectivity index (χ2n) is 6.99. The molecule has 4 aliphatic rings. The Kier molecular flexibility index (Phi) is 4.67. The van der Waals surface area contributed by atoms with E-state index in [0.717, 1.165) is 42.4 Å². The topological polar surface area (TPSA) is 41.6 Å². The first kappa shape index (κ1) is 15.1. The van der Waals surface area contributed by atoms with Gasteiger partial charge in [0.2, 0.25) is 0 Å². The lowest BCUT2D eigenvalue weighted by atomic mass is 9.68. The van der Waals surface area contributed by atoms with Crippen molar-refractivity contribution in [2.75, 3.05) is 20.2 Å². The third kappa shape index (κ3) is 3.50. The maximum atomic E-state index is 11.1. The number of nitrogens with zero attached hydrogens (tertiary/aromatic N) is 1. The Bertz CT molecular complexity index is 401. The van der Waals surface area contributed by atoms with Crippen molar-refractivity contribution in [3.05, 3.63) is 0 Å². The quantitative estimate of drug-likeness (QED) is 0.490. The Morgan fingerprint density at radius 2 is 1.86 bits per heavy atom. The van der Waals surface area contributed by atoms with Crippen LogP contribution in [-0.4, -0.2) is 42.2 Å². The molecular formula is C16H26N2O2S. The molecule has 2 saturated carbocycles. The standard InChI is InChI=1S/C16H26N2O2S/c1-20-15(19)3-2-4-17-16(21)18-10-13-6-11-5-12(7-13)9-14(18)8-11/h11-14H,2-10H2,1H3,(H,17,21)/t11-,12+,13?,14?. The summed E-state index contributed by atoms with van der Waals surface area (Å²) in [5.41, 5.74) is 0. The highest BCUT2D eigenvalue weighted by molar-refractivity contribution is 7.80. The van der Waals surface area contributed by atoms with Crippen molar-refractivity contribution < 1.29 is 9.53 Å². The van der Waals surface area contributed by atoms with Gasteiger partial charge < -0.3 is 15.0 Å². The summed E-state index contributed by atoms with van der Waals surface area (Å²) in [5.74, 6) is 2.59. The molecule has 2 heterocycles. The van der Waals surface area contributed by atoms with E-state index in [4.69, 9.17) is 12.2 Å². The van der Waals surface area contributed by atoms with Gasteiger partial charge in [0.15, 0.2) is 5.11 Å². The number of carbonyl (C=O) groups excluding carboxylic acids is 1. The van der Waals surface area contributed by atoms with E-state index in [1.54, 1.807) is 0 Å². The highest BCUT2D eigenvalue weighted by atomic mass is 32.1. The zero-order valence-electron chi connectivity index (χ0n) is 12.8. The second-order valence-corrected chi connectivity index (χ2v) is 7.38. The van der Waals surface area contributed by atoms with Crippen molar-refractivity contribution in [3.8, 4) is 0 Å². The lowest BCUT2D eigenvalue weighted by Crippen LogP contribution is -2.47. The Morgan fingerprint density at radius 1 is 1.19 bits per heavy atom. The Balaban J connectivity index is 1.49. The number of hydrogen-bond donors (Lipinski definition) is 1. The van der Waals surface area contributed by atoms with Gasteiger partial charge in [0, 0.05) is 25.6 Å². The van der Waals surface area contributed by atoms with E-state index in [1.807, 2.05) is 0 Å². The van der Waals surface area contributed by atoms with Crippen molar-refractivity contribution in [1.29, 1.82) is 0 Å². The molecule has 5 heteroatoms. The van der Waals surface area contributed by atoms with Gasteiger partial charge in [-0.3, -0.25) is 4.79 Å². The number of ether oxygens (including phenoxy) is 1. The molecule has 2 aliphatic heterocycles. The fourth-order valence-corrected chi connectivity index (χ4v) is 4.99. The molecule has 2 saturated heterocycles. The molecule has 4 fully saturated rings. The SMILES string of the molecule is COC(=O)CCCNC(=S)N1CC2C[C@@H]3CC1C[C@H](C2)C3. The van der Waals surface area contributed by atoms with Crippen LogP contribution >= 0.6 is 12.2 Å². The largest absolute Gasteiger partial charge is 0.469 e. The zero-order chi connectivity index (χ0) is 14.8. The van der Waals surface area contributed by atoms with Gasteiger partial charge in [0.1, 0.15) is 0 Å². The minimum Gasteiger partial charge on any atom is -0.469 e. The summed E-state index contributed by atoms with van der Waals surface area (Å²) in [6.07, 6.45) is 8.18. The molecule has 0 aromatic carbocycles. The van der Waals surface area contributed by atoms with Gasteiger partial charge in [-0.25, -0.2) is 0 Å². The third-order valence-electron chi connectivity index (χ3n) is 5.43. The molecule has 4 rings (SSSR count). The minimum absolute atomic E-state index is 0.145. The van der Waals surface area contributed by atoms with Crippen LogP contribution in [-0.2, 0) is 9.53 Å². The molecule has 0 aromatic heterocycles. The van der Waals surface area contributed by atoms with Crippen LogP contribution in [0.5, 0.6) is 0 Å². The lowest BCUT2D eigenvalue weighted by Gasteiger charge is -2.39. The number of esters is 1. The maximum Gasteiger partial charge on any atom is 0.305 e. The smallest absolute Gasteiger partial charge is 0.305 e. The molecule has 0 radical (unpaired) electrons. The average Bonchev–Trinajstić information content (AvgIpc) is 2.67. The highest BCUT2D eigenvalue weighted by Gasteiger charge is 2.43. The van der Waals surface area contributed by atoms with Gasteiger partial charge >= 0.3 is 5.97 Å². The lowest BCUT2D eigenvalue weighted by molar-refractivity contribution is -0.140. The van der Waals surface area contributed by atoms with Crippen molar-refractivity contribution in [2.45, 2.75) is 51.0 Å². The number of methoxy groups -OCH3 is 1. The normalized spacial score (nSPS) is 33.7. The fraction of sp³-hybridized carbons (Fsp3) is 0.875. The van der Waals surface area contributed by atoms with Gasteiger partial charge in [-0.2, -0.15) is 0 Å². The molecule has 21 heavy (non-hydrogen) atoms. The summed E-state index contributed by atoms with van der Waals surface area (Å²) < 4.78 is 4.65. The number of thiocarbonyl (C=S) groups is 1. The molecule has 2 unspecified atom stereocenters. The minimum atomic E-state index is -0.145. The monoisotopic (exact) mass is 310 g/mol. The first-order valence-electron chi connectivity index (χ1n) is 8.27. The van der Waals surface area contributed by atoms with E-state index in [-0.39, 0.29) is 5.97 Å². The van der Waals surface area contributed by atoms with Gasteiger partial charge in [-0.15, -0.1) is 0 Å². The number of carbonyl (C=O) groups is 1. The summed E-state index contributed by atoms with van der Waals surface area (Å²) >= 11 is 5.62. The van der Waals surface area contributed by atoms with E-state index in [1.165, 1.54) is 39.2 Å². The Morgan fingerprint density at radius 3 is 2.52 bits per heavy atom. The van der Waals surface area contributed by atoms with Crippen LogP contribution in [0.2, 0.25) is 0 Å². The van der Waals surface area contributed by atoms with Crippen LogP contribution in [0.3, 0.4) is 0 Å². The van der Waals surface area contributed by atoms with E-state index >= 15 is 0 Å². The Hall–Kier alpha value is -0.840. The molecule has 4 atom stereocenters. The van der Waals surface area contributed by atoms with Gasteiger partial charge in [-0.1, -0.05) is 0 Å².